The van der Waals surface area contributed by atoms with Gasteiger partial charge >= 0.3 is 5.97 Å². The van der Waals surface area contributed by atoms with Crippen molar-refractivity contribution in [1.82, 2.24) is 0 Å². The molecule has 0 aromatic carbocycles. The zero-order valence-corrected chi connectivity index (χ0v) is 10.7. The van der Waals surface area contributed by atoms with Gasteiger partial charge in [-0.15, -0.1) is 0 Å². The van der Waals surface area contributed by atoms with Gasteiger partial charge < -0.3 is 4.74 Å². The minimum absolute atomic E-state index is 0.127. The lowest BCUT2D eigenvalue weighted by Gasteiger charge is -2.22. The van der Waals surface area contributed by atoms with Crippen molar-refractivity contribution in [2.24, 2.45) is 17.8 Å². The molecule has 2 nitrogen and oxygen atoms in total. The molecule has 1 atom stereocenters. The molecule has 0 aromatic rings. The van der Waals surface area contributed by atoms with Crippen LogP contribution in [0.2, 0.25) is 0 Å². The highest BCUT2D eigenvalue weighted by Crippen LogP contribution is 2.25. The van der Waals surface area contributed by atoms with Gasteiger partial charge in [0.05, 0.1) is 12.5 Å². The molecular formula is C13H24O2. The second-order valence-corrected chi connectivity index (χ2v) is 4.73. The third kappa shape index (κ3) is 5.01. The minimum atomic E-state index is -0.146. The summed E-state index contributed by atoms with van der Waals surface area (Å²) in [5.41, 5.74) is 0.999. The number of carbonyl (C=O) groups excluding carboxylic acids is 1. The Balaban J connectivity index is 4.52. The van der Waals surface area contributed by atoms with E-state index in [-0.39, 0.29) is 17.8 Å². The third-order valence-corrected chi connectivity index (χ3v) is 2.32. The Hall–Kier alpha value is -0.790. The molecule has 0 spiro atoms. The highest BCUT2D eigenvalue weighted by molar-refractivity contribution is 5.75. The number of carbonyl (C=O) groups is 1. The molecule has 15 heavy (non-hydrogen) atoms. The van der Waals surface area contributed by atoms with Gasteiger partial charge in [0.25, 0.3) is 0 Å². The molecule has 2 heteroatoms. The molecule has 0 rings (SSSR count). The van der Waals surface area contributed by atoms with E-state index in [1.54, 1.807) is 0 Å². The summed E-state index contributed by atoms with van der Waals surface area (Å²) in [6, 6.07) is 0. The molecule has 0 aliphatic rings. The predicted molar refractivity (Wildman–Crippen MR) is 63.6 cm³/mol. The fraction of sp³-hybridized carbons (Fsp3) is 0.769. The molecule has 0 aromatic heterocycles. The monoisotopic (exact) mass is 212 g/mol. The van der Waals surface area contributed by atoms with Gasteiger partial charge in [-0.1, -0.05) is 39.8 Å². The Bertz CT molecular complexity index is 217. The third-order valence-electron chi connectivity index (χ3n) is 2.32. The van der Waals surface area contributed by atoms with Crippen LogP contribution >= 0.6 is 0 Å². The summed E-state index contributed by atoms with van der Waals surface area (Å²) in [6.07, 6.45) is 0.891. The van der Waals surface area contributed by atoms with Crippen molar-refractivity contribution in [3.63, 3.8) is 0 Å². The quantitative estimate of drug-likeness (QED) is 0.498. The number of ether oxygens (including phenoxy) is 1. The van der Waals surface area contributed by atoms with E-state index < -0.39 is 0 Å². The molecule has 1 unspecified atom stereocenters. The maximum atomic E-state index is 11.7. The average molecular weight is 212 g/mol. The van der Waals surface area contributed by atoms with Crippen LogP contribution in [0, 0.1) is 17.8 Å². The second kappa shape index (κ2) is 6.65. The molecule has 0 aliphatic heterocycles. The number of esters is 1. The van der Waals surface area contributed by atoms with E-state index in [1.807, 2.05) is 20.8 Å². The van der Waals surface area contributed by atoms with E-state index in [0.717, 1.165) is 12.0 Å². The van der Waals surface area contributed by atoms with Crippen molar-refractivity contribution in [2.45, 2.75) is 41.0 Å². The molecule has 0 heterocycles. The van der Waals surface area contributed by atoms with Gasteiger partial charge in [-0.2, -0.15) is 0 Å². The van der Waals surface area contributed by atoms with Gasteiger partial charge in [0.15, 0.2) is 0 Å². The van der Waals surface area contributed by atoms with Crippen molar-refractivity contribution in [1.29, 1.82) is 0 Å². The highest BCUT2D eigenvalue weighted by atomic mass is 16.5. The summed E-state index contributed by atoms with van der Waals surface area (Å²) in [6.45, 7) is 14.6. The van der Waals surface area contributed by atoms with Crippen molar-refractivity contribution in [3.05, 3.63) is 12.2 Å². The average Bonchev–Trinajstić information content (AvgIpc) is 2.01. The zero-order valence-electron chi connectivity index (χ0n) is 10.7. The van der Waals surface area contributed by atoms with Gasteiger partial charge in [-0.3, -0.25) is 4.79 Å². The van der Waals surface area contributed by atoms with Crippen molar-refractivity contribution in [3.8, 4) is 0 Å². The summed E-state index contributed by atoms with van der Waals surface area (Å²) in [4.78, 5) is 11.7. The lowest BCUT2D eigenvalue weighted by Crippen LogP contribution is -2.25. The van der Waals surface area contributed by atoms with E-state index in [1.165, 1.54) is 0 Å². The molecule has 0 N–H and O–H groups in total. The number of hydrogen-bond donors (Lipinski definition) is 0. The Morgan fingerprint density at radius 2 is 1.80 bits per heavy atom. The number of rotatable bonds is 6. The van der Waals surface area contributed by atoms with Crippen LogP contribution in [-0.2, 0) is 9.53 Å². The SMILES string of the molecule is C=C(CC(C)C)C(C(=O)OCC)C(C)C. The van der Waals surface area contributed by atoms with Gasteiger partial charge in [-0.05, 0) is 25.2 Å². The molecule has 0 saturated carbocycles. The largest absolute Gasteiger partial charge is 0.466 e. The Labute approximate surface area is 93.7 Å². The first-order valence-electron chi connectivity index (χ1n) is 5.74. The summed E-state index contributed by atoms with van der Waals surface area (Å²) >= 11 is 0. The van der Waals surface area contributed by atoms with Crippen molar-refractivity contribution in [2.75, 3.05) is 6.61 Å². The minimum Gasteiger partial charge on any atom is -0.466 e. The van der Waals surface area contributed by atoms with Crippen LogP contribution in [0.25, 0.3) is 0 Å². The van der Waals surface area contributed by atoms with Crippen LogP contribution in [0.3, 0.4) is 0 Å². The van der Waals surface area contributed by atoms with Gasteiger partial charge in [0.2, 0.25) is 0 Å². The topological polar surface area (TPSA) is 26.3 Å². The Morgan fingerprint density at radius 1 is 1.27 bits per heavy atom. The molecule has 0 aliphatic carbocycles. The second-order valence-electron chi connectivity index (χ2n) is 4.73. The summed E-state index contributed by atoms with van der Waals surface area (Å²) in [5.74, 6) is 0.522. The van der Waals surface area contributed by atoms with Gasteiger partial charge in [0, 0.05) is 0 Å². The molecule has 0 fully saturated rings. The molecule has 0 radical (unpaired) electrons. The van der Waals surface area contributed by atoms with Crippen LogP contribution in [0.15, 0.2) is 12.2 Å². The van der Waals surface area contributed by atoms with E-state index in [9.17, 15) is 4.79 Å². The first-order chi connectivity index (χ1) is 6.90. The highest BCUT2D eigenvalue weighted by Gasteiger charge is 2.26. The summed E-state index contributed by atoms with van der Waals surface area (Å²) in [7, 11) is 0. The molecular weight excluding hydrogens is 188 g/mol. The van der Waals surface area contributed by atoms with Crippen LogP contribution in [-0.4, -0.2) is 12.6 Å². The van der Waals surface area contributed by atoms with Crippen LogP contribution in [0.5, 0.6) is 0 Å². The van der Waals surface area contributed by atoms with E-state index in [4.69, 9.17) is 4.74 Å². The molecule has 0 amide bonds. The number of hydrogen-bond acceptors (Lipinski definition) is 2. The molecule has 0 bridgehead atoms. The van der Waals surface area contributed by atoms with Gasteiger partial charge in [0.1, 0.15) is 0 Å². The first-order valence-corrected chi connectivity index (χ1v) is 5.74. The van der Waals surface area contributed by atoms with Crippen molar-refractivity contribution >= 4 is 5.97 Å². The van der Waals surface area contributed by atoms with E-state index >= 15 is 0 Å². The fourth-order valence-corrected chi connectivity index (χ4v) is 1.79. The zero-order chi connectivity index (χ0) is 12.0. The lowest BCUT2D eigenvalue weighted by atomic mass is 9.85. The Kier molecular flexibility index (Phi) is 6.30. The van der Waals surface area contributed by atoms with E-state index in [2.05, 4.69) is 20.4 Å². The lowest BCUT2D eigenvalue weighted by molar-refractivity contribution is -0.148. The maximum absolute atomic E-state index is 11.7. The van der Waals surface area contributed by atoms with Gasteiger partial charge in [-0.25, -0.2) is 0 Å². The first kappa shape index (κ1) is 14.2. The fourth-order valence-electron chi connectivity index (χ4n) is 1.79. The normalized spacial score (nSPS) is 13.0. The predicted octanol–water partition coefficient (Wildman–Crippen LogP) is 3.42. The van der Waals surface area contributed by atoms with E-state index in [0.29, 0.717) is 12.5 Å². The summed E-state index contributed by atoms with van der Waals surface area (Å²) < 4.78 is 5.07. The molecule has 0 saturated heterocycles. The smallest absolute Gasteiger partial charge is 0.313 e. The standard InChI is InChI=1S/C13H24O2/c1-7-15-13(14)12(10(4)5)11(6)8-9(2)3/h9-10,12H,6-8H2,1-5H3. The Morgan fingerprint density at radius 3 is 2.13 bits per heavy atom. The maximum Gasteiger partial charge on any atom is 0.313 e. The van der Waals surface area contributed by atoms with Crippen molar-refractivity contribution < 1.29 is 9.53 Å². The van der Waals surface area contributed by atoms with Crippen LogP contribution in [0.4, 0.5) is 0 Å². The van der Waals surface area contributed by atoms with Crippen LogP contribution < -0.4 is 0 Å². The molecule has 88 valence electrons. The summed E-state index contributed by atoms with van der Waals surface area (Å²) in [5, 5.41) is 0. The van der Waals surface area contributed by atoms with Crippen LogP contribution in [0.1, 0.15) is 41.0 Å².